The zero-order chi connectivity index (χ0) is 13.4. The maximum Gasteiger partial charge on any atom is 0.0432 e. The Bertz CT molecular complexity index is 633. The van der Waals surface area contributed by atoms with E-state index in [0.29, 0.717) is 0 Å². The summed E-state index contributed by atoms with van der Waals surface area (Å²) in [4.78, 5) is 2.52. The van der Waals surface area contributed by atoms with Gasteiger partial charge in [0.2, 0.25) is 0 Å². The molecular weight excluding hydrogens is 244 g/mol. The maximum absolute atomic E-state index is 3.44. The molecule has 0 atom stereocenters. The zero-order valence-electron chi connectivity index (χ0n) is 11.7. The Morgan fingerprint density at radius 1 is 0.850 bits per heavy atom. The lowest BCUT2D eigenvalue weighted by molar-refractivity contribution is 0.642. The highest BCUT2D eigenvalue weighted by molar-refractivity contribution is 5.53. The Morgan fingerprint density at radius 2 is 1.75 bits per heavy atom. The van der Waals surface area contributed by atoms with Crippen molar-refractivity contribution in [2.75, 3.05) is 18.0 Å². The number of rotatable bonds is 1. The molecule has 2 nitrogen and oxygen atoms in total. The second kappa shape index (κ2) is 4.95. The first-order valence-corrected chi connectivity index (χ1v) is 7.54. The molecule has 0 saturated carbocycles. The van der Waals surface area contributed by atoms with Crippen LogP contribution in [0.2, 0.25) is 0 Å². The highest BCUT2D eigenvalue weighted by Crippen LogP contribution is 2.27. The van der Waals surface area contributed by atoms with Gasteiger partial charge in [-0.05, 0) is 53.8 Å². The van der Waals surface area contributed by atoms with Crippen molar-refractivity contribution in [3.63, 3.8) is 0 Å². The molecule has 2 heteroatoms. The van der Waals surface area contributed by atoms with Crippen LogP contribution >= 0.6 is 0 Å². The van der Waals surface area contributed by atoms with Gasteiger partial charge >= 0.3 is 0 Å². The summed E-state index contributed by atoms with van der Waals surface area (Å²) in [5.41, 5.74) is 7.39. The van der Waals surface area contributed by atoms with Crippen LogP contribution in [0.4, 0.5) is 5.69 Å². The van der Waals surface area contributed by atoms with Crippen LogP contribution in [0.3, 0.4) is 0 Å². The minimum atomic E-state index is 1.03. The average Bonchev–Trinajstić information content (AvgIpc) is 2.54. The predicted octanol–water partition coefficient (Wildman–Crippen LogP) is 2.90. The Morgan fingerprint density at radius 3 is 2.70 bits per heavy atom. The van der Waals surface area contributed by atoms with Crippen molar-refractivity contribution >= 4 is 5.69 Å². The summed E-state index contributed by atoms with van der Waals surface area (Å²) >= 11 is 0. The van der Waals surface area contributed by atoms with Crippen LogP contribution in [0.15, 0.2) is 42.5 Å². The summed E-state index contributed by atoms with van der Waals surface area (Å²) in [5, 5.41) is 3.44. The summed E-state index contributed by atoms with van der Waals surface area (Å²) in [6.45, 7) is 4.32. The molecule has 0 saturated heterocycles. The maximum atomic E-state index is 3.44. The van der Waals surface area contributed by atoms with E-state index in [1.165, 1.54) is 27.9 Å². The molecule has 0 aromatic heterocycles. The normalized spacial score (nSPS) is 17.5. The number of hydrogen-bond donors (Lipinski definition) is 1. The van der Waals surface area contributed by atoms with E-state index in [4.69, 9.17) is 0 Å². The highest BCUT2D eigenvalue weighted by atomic mass is 15.1. The highest BCUT2D eigenvalue weighted by Gasteiger charge is 2.17. The van der Waals surface area contributed by atoms with Crippen LogP contribution in [0.5, 0.6) is 0 Å². The van der Waals surface area contributed by atoms with E-state index in [9.17, 15) is 0 Å². The number of anilines is 1. The molecule has 102 valence electrons. The molecule has 0 radical (unpaired) electrons. The third kappa shape index (κ3) is 2.10. The molecule has 2 aliphatic heterocycles. The van der Waals surface area contributed by atoms with E-state index in [1.807, 2.05) is 0 Å². The van der Waals surface area contributed by atoms with E-state index < -0.39 is 0 Å². The number of nitrogens with zero attached hydrogens (tertiary/aromatic N) is 1. The second-order valence-corrected chi connectivity index (χ2v) is 5.82. The summed E-state index contributed by atoms with van der Waals surface area (Å²) in [5.74, 6) is 0. The third-order valence-corrected chi connectivity index (χ3v) is 4.57. The van der Waals surface area contributed by atoms with Crippen molar-refractivity contribution in [3.8, 4) is 0 Å². The quantitative estimate of drug-likeness (QED) is 0.852. The average molecular weight is 264 g/mol. The van der Waals surface area contributed by atoms with Gasteiger partial charge in [0.05, 0.1) is 0 Å². The van der Waals surface area contributed by atoms with Gasteiger partial charge in [0.1, 0.15) is 0 Å². The zero-order valence-corrected chi connectivity index (χ0v) is 11.7. The van der Waals surface area contributed by atoms with Gasteiger partial charge in [0.15, 0.2) is 0 Å². The number of benzene rings is 2. The van der Waals surface area contributed by atoms with Gasteiger partial charge < -0.3 is 10.2 Å². The number of fused-ring (bicyclic) bond motifs is 2. The molecule has 0 bridgehead atoms. The van der Waals surface area contributed by atoms with Crippen LogP contribution < -0.4 is 10.2 Å². The topological polar surface area (TPSA) is 15.3 Å². The molecule has 0 aliphatic carbocycles. The third-order valence-electron chi connectivity index (χ3n) is 4.57. The molecule has 0 fully saturated rings. The molecule has 2 aromatic rings. The monoisotopic (exact) mass is 264 g/mol. The van der Waals surface area contributed by atoms with Gasteiger partial charge in [-0.25, -0.2) is 0 Å². The van der Waals surface area contributed by atoms with Crippen molar-refractivity contribution in [2.24, 2.45) is 0 Å². The molecule has 1 N–H and O–H groups in total. The number of nitrogens with one attached hydrogen (secondary N) is 1. The van der Waals surface area contributed by atoms with Gasteiger partial charge in [-0.3, -0.25) is 0 Å². The van der Waals surface area contributed by atoms with Crippen LogP contribution in [0.25, 0.3) is 0 Å². The predicted molar refractivity (Wildman–Crippen MR) is 83.0 cm³/mol. The van der Waals surface area contributed by atoms with Crippen molar-refractivity contribution in [1.82, 2.24) is 5.32 Å². The van der Waals surface area contributed by atoms with Gasteiger partial charge in [-0.15, -0.1) is 0 Å². The summed E-state index contributed by atoms with van der Waals surface area (Å²) in [6, 6.07) is 15.8. The van der Waals surface area contributed by atoms with E-state index in [1.54, 1.807) is 0 Å². The Kier molecular flexibility index (Phi) is 2.96. The first-order valence-electron chi connectivity index (χ1n) is 7.54. The lowest BCUT2D eigenvalue weighted by atomic mass is 9.97. The minimum absolute atomic E-state index is 1.03. The van der Waals surface area contributed by atoms with Crippen LogP contribution in [0, 0.1) is 0 Å². The molecular formula is C18H20N2. The van der Waals surface area contributed by atoms with Crippen LogP contribution in [0.1, 0.15) is 22.3 Å². The van der Waals surface area contributed by atoms with Crippen molar-refractivity contribution in [1.29, 1.82) is 0 Å². The second-order valence-electron chi connectivity index (χ2n) is 5.82. The SMILES string of the molecule is c1ccc2c(c1)CCN(c1ccc3c(c1)CCNC3)C2. The van der Waals surface area contributed by atoms with Crippen molar-refractivity contribution in [2.45, 2.75) is 25.9 Å². The molecule has 2 aliphatic rings. The largest absolute Gasteiger partial charge is 0.367 e. The molecule has 20 heavy (non-hydrogen) atoms. The van der Waals surface area contributed by atoms with E-state index in [2.05, 4.69) is 52.7 Å². The molecule has 0 unspecified atom stereocenters. The first-order chi connectivity index (χ1) is 9.90. The molecule has 2 aromatic carbocycles. The van der Waals surface area contributed by atoms with E-state index >= 15 is 0 Å². The van der Waals surface area contributed by atoms with E-state index in [0.717, 1.165) is 39.0 Å². The first kappa shape index (κ1) is 12.0. The summed E-state index contributed by atoms with van der Waals surface area (Å²) in [6.07, 6.45) is 2.32. The van der Waals surface area contributed by atoms with Gasteiger partial charge in [-0.2, -0.15) is 0 Å². The van der Waals surface area contributed by atoms with Crippen LogP contribution in [-0.2, 0) is 25.9 Å². The Labute approximate surface area is 120 Å². The lowest BCUT2D eigenvalue weighted by Gasteiger charge is -2.31. The van der Waals surface area contributed by atoms with Crippen molar-refractivity contribution in [3.05, 3.63) is 64.7 Å². The van der Waals surface area contributed by atoms with Crippen molar-refractivity contribution < 1.29 is 0 Å². The molecule has 0 spiro atoms. The van der Waals surface area contributed by atoms with Gasteiger partial charge in [-0.1, -0.05) is 30.3 Å². The van der Waals surface area contributed by atoms with E-state index in [-0.39, 0.29) is 0 Å². The van der Waals surface area contributed by atoms with Crippen LogP contribution in [-0.4, -0.2) is 13.1 Å². The Balaban J connectivity index is 1.63. The lowest BCUT2D eigenvalue weighted by Crippen LogP contribution is -2.31. The molecule has 4 rings (SSSR count). The fraction of sp³-hybridized carbons (Fsp3) is 0.333. The standard InChI is InChI=1S/C18H20N2/c1-2-4-17-13-20(10-8-14(17)3-1)18-6-5-16-12-19-9-7-15(16)11-18/h1-6,11,19H,7-10,12-13H2. The smallest absolute Gasteiger partial charge is 0.0432 e. The molecule has 0 amide bonds. The fourth-order valence-electron chi connectivity index (χ4n) is 3.38. The van der Waals surface area contributed by atoms with Gasteiger partial charge in [0, 0.05) is 25.3 Å². The Hall–Kier alpha value is -1.80. The van der Waals surface area contributed by atoms with Gasteiger partial charge in [0.25, 0.3) is 0 Å². The summed E-state index contributed by atoms with van der Waals surface area (Å²) < 4.78 is 0. The minimum Gasteiger partial charge on any atom is -0.367 e. The molecule has 2 heterocycles. The fourth-order valence-corrected chi connectivity index (χ4v) is 3.38. The number of hydrogen-bond acceptors (Lipinski definition) is 2. The summed E-state index contributed by atoms with van der Waals surface area (Å²) in [7, 11) is 0.